The van der Waals surface area contributed by atoms with Crippen LogP contribution < -0.4 is 4.74 Å². The smallest absolute Gasteiger partial charge is 0.221 e. The molecule has 114 valence electrons. The lowest BCUT2D eigenvalue weighted by molar-refractivity contribution is 0.400. The molecule has 0 saturated carbocycles. The monoisotopic (exact) mass is 321 g/mol. The molecule has 4 aromatic heterocycles. The molecule has 4 rings (SSSR count). The van der Waals surface area contributed by atoms with E-state index in [4.69, 9.17) is 4.74 Å². The van der Waals surface area contributed by atoms with E-state index in [9.17, 15) is 0 Å². The van der Waals surface area contributed by atoms with E-state index in [1.54, 1.807) is 24.6 Å². The maximum absolute atomic E-state index is 5.43. The van der Waals surface area contributed by atoms with Crippen LogP contribution in [0.5, 0.6) is 5.88 Å². The molecule has 0 saturated heterocycles. The second kappa shape index (κ2) is 5.52. The maximum Gasteiger partial charge on any atom is 0.221 e. The average Bonchev–Trinajstić information content (AvgIpc) is 3.20. The molecule has 0 bridgehead atoms. The third-order valence-electron chi connectivity index (χ3n) is 3.93. The summed E-state index contributed by atoms with van der Waals surface area (Å²) in [6.07, 6.45) is 5.56. The number of nitrogens with one attached hydrogen (secondary N) is 1. The zero-order chi connectivity index (χ0) is 15.8. The summed E-state index contributed by atoms with van der Waals surface area (Å²) in [6, 6.07) is 8.15. The van der Waals surface area contributed by atoms with Gasteiger partial charge in [0.25, 0.3) is 0 Å². The van der Waals surface area contributed by atoms with E-state index in [0.29, 0.717) is 5.88 Å². The molecular weight excluding hydrogens is 306 g/mol. The van der Waals surface area contributed by atoms with Crippen molar-refractivity contribution in [3.05, 3.63) is 53.8 Å². The number of rotatable bonds is 3. The van der Waals surface area contributed by atoms with Gasteiger partial charge in [-0.25, -0.2) is 9.97 Å². The minimum atomic E-state index is 0.617. The van der Waals surface area contributed by atoms with Crippen molar-refractivity contribution in [3.8, 4) is 27.4 Å². The van der Waals surface area contributed by atoms with Gasteiger partial charge in [-0.2, -0.15) is 0 Å². The molecule has 23 heavy (non-hydrogen) atoms. The highest BCUT2D eigenvalue weighted by Crippen LogP contribution is 2.40. The fourth-order valence-corrected chi connectivity index (χ4v) is 3.82. The first-order chi connectivity index (χ1) is 11.3. The molecule has 0 aliphatic heterocycles. The number of hydrogen-bond donors (Lipinski definition) is 1. The molecule has 4 aromatic rings. The Labute approximate surface area is 137 Å². The van der Waals surface area contributed by atoms with Gasteiger partial charge < -0.3 is 9.72 Å². The summed E-state index contributed by atoms with van der Waals surface area (Å²) in [5.41, 5.74) is 5.35. The zero-order valence-electron chi connectivity index (χ0n) is 12.8. The lowest BCUT2D eigenvalue weighted by Crippen LogP contribution is -1.91. The number of thiophene rings is 1. The van der Waals surface area contributed by atoms with Gasteiger partial charge in [-0.3, -0.25) is 0 Å². The summed E-state index contributed by atoms with van der Waals surface area (Å²) >= 11 is 1.75. The van der Waals surface area contributed by atoms with Gasteiger partial charge in [0.15, 0.2) is 0 Å². The molecule has 0 spiro atoms. The van der Waals surface area contributed by atoms with Crippen molar-refractivity contribution in [2.24, 2.45) is 0 Å². The Morgan fingerprint density at radius 3 is 2.74 bits per heavy atom. The topological polar surface area (TPSA) is 50.8 Å². The SMILES string of the molecule is COc1ncccc1-c1c[nH]c2nccc(-c3sccc3C)c12. The standard InChI is InChI=1S/C18H15N3OS/c1-11-6-9-23-16(11)13-5-8-19-17-15(13)14(10-21-17)12-4-3-7-20-18(12)22-2/h3-10H,1-2H3,(H,19,21). The largest absolute Gasteiger partial charge is 0.481 e. The Hall–Kier alpha value is -2.66. The van der Waals surface area contributed by atoms with Gasteiger partial charge in [0.1, 0.15) is 5.65 Å². The van der Waals surface area contributed by atoms with Crippen molar-refractivity contribution >= 4 is 22.4 Å². The van der Waals surface area contributed by atoms with Crippen molar-refractivity contribution < 1.29 is 4.74 Å². The number of nitrogens with zero attached hydrogens (tertiary/aromatic N) is 2. The normalized spacial score (nSPS) is 11.0. The molecule has 0 radical (unpaired) electrons. The molecule has 0 aromatic carbocycles. The average molecular weight is 321 g/mol. The predicted molar refractivity (Wildman–Crippen MR) is 93.9 cm³/mol. The van der Waals surface area contributed by atoms with Gasteiger partial charge >= 0.3 is 0 Å². The van der Waals surface area contributed by atoms with Crippen LogP contribution in [0.4, 0.5) is 0 Å². The summed E-state index contributed by atoms with van der Waals surface area (Å²) in [6.45, 7) is 2.13. The lowest BCUT2D eigenvalue weighted by Gasteiger charge is -2.08. The number of pyridine rings is 2. The summed E-state index contributed by atoms with van der Waals surface area (Å²) in [7, 11) is 1.64. The lowest BCUT2D eigenvalue weighted by atomic mass is 10.0. The number of aromatic nitrogens is 3. The molecule has 0 unspecified atom stereocenters. The molecular formula is C18H15N3OS. The Morgan fingerprint density at radius 1 is 1.04 bits per heavy atom. The fraction of sp³-hybridized carbons (Fsp3) is 0.111. The Kier molecular flexibility index (Phi) is 3.35. The van der Waals surface area contributed by atoms with E-state index < -0.39 is 0 Å². The first-order valence-corrected chi connectivity index (χ1v) is 8.17. The molecule has 0 aliphatic carbocycles. The first-order valence-electron chi connectivity index (χ1n) is 7.29. The molecule has 0 atom stereocenters. The van der Waals surface area contributed by atoms with Crippen LogP contribution in [0.15, 0.2) is 48.2 Å². The third-order valence-corrected chi connectivity index (χ3v) is 4.98. The summed E-state index contributed by atoms with van der Waals surface area (Å²) < 4.78 is 5.43. The first kappa shape index (κ1) is 14.0. The van der Waals surface area contributed by atoms with Crippen LogP contribution in [0.25, 0.3) is 32.6 Å². The highest BCUT2D eigenvalue weighted by atomic mass is 32.1. The minimum Gasteiger partial charge on any atom is -0.481 e. The van der Waals surface area contributed by atoms with E-state index in [1.165, 1.54) is 16.0 Å². The summed E-state index contributed by atoms with van der Waals surface area (Å²) in [5, 5.41) is 3.22. The van der Waals surface area contributed by atoms with Gasteiger partial charge in [-0.05, 0) is 42.1 Å². The van der Waals surface area contributed by atoms with Crippen molar-refractivity contribution in [1.29, 1.82) is 0 Å². The van der Waals surface area contributed by atoms with Crippen molar-refractivity contribution in [2.45, 2.75) is 6.92 Å². The Bertz CT molecular complexity index is 987. The van der Waals surface area contributed by atoms with Gasteiger partial charge in [0.2, 0.25) is 5.88 Å². The number of fused-ring (bicyclic) bond motifs is 1. The molecule has 4 heterocycles. The molecule has 0 aliphatic rings. The van der Waals surface area contributed by atoms with E-state index in [2.05, 4.69) is 39.4 Å². The maximum atomic E-state index is 5.43. The van der Waals surface area contributed by atoms with Crippen LogP contribution in [-0.2, 0) is 0 Å². The van der Waals surface area contributed by atoms with Crippen LogP contribution in [0.2, 0.25) is 0 Å². The summed E-state index contributed by atoms with van der Waals surface area (Å²) in [4.78, 5) is 13.3. The van der Waals surface area contributed by atoms with Gasteiger partial charge in [0, 0.05) is 45.5 Å². The number of ether oxygens (including phenoxy) is 1. The highest BCUT2D eigenvalue weighted by Gasteiger charge is 2.17. The van der Waals surface area contributed by atoms with Crippen LogP contribution in [-0.4, -0.2) is 22.1 Å². The number of H-pyrrole nitrogens is 1. The van der Waals surface area contributed by atoms with Crippen molar-refractivity contribution in [2.75, 3.05) is 7.11 Å². The Balaban J connectivity index is 2.05. The number of aryl methyl sites for hydroxylation is 1. The van der Waals surface area contributed by atoms with Crippen molar-refractivity contribution in [3.63, 3.8) is 0 Å². The van der Waals surface area contributed by atoms with E-state index >= 15 is 0 Å². The molecule has 0 fully saturated rings. The fourth-order valence-electron chi connectivity index (χ4n) is 2.87. The number of aromatic amines is 1. The molecule has 1 N–H and O–H groups in total. The van der Waals surface area contributed by atoms with E-state index in [0.717, 1.165) is 22.2 Å². The summed E-state index contributed by atoms with van der Waals surface area (Å²) in [5.74, 6) is 0.617. The number of methoxy groups -OCH3 is 1. The quantitative estimate of drug-likeness (QED) is 0.596. The second-order valence-corrected chi connectivity index (χ2v) is 6.19. The van der Waals surface area contributed by atoms with Crippen LogP contribution >= 0.6 is 11.3 Å². The van der Waals surface area contributed by atoms with Gasteiger partial charge in [-0.15, -0.1) is 11.3 Å². The molecule has 0 amide bonds. The van der Waals surface area contributed by atoms with E-state index in [1.807, 2.05) is 24.5 Å². The van der Waals surface area contributed by atoms with E-state index in [-0.39, 0.29) is 0 Å². The second-order valence-electron chi connectivity index (χ2n) is 5.28. The zero-order valence-corrected chi connectivity index (χ0v) is 13.6. The van der Waals surface area contributed by atoms with Gasteiger partial charge in [0.05, 0.1) is 7.11 Å². The van der Waals surface area contributed by atoms with Crippen LogP contribution in [0, 0.1) is 6.92 Å². The Morgan fingerprint density at radius 2 is 1.96 bits per heavy atom. The van der Waals surface area contributed by atoms with Crippen molar-refractivity contribution in [1.82, 2.24) is 15.0 Å². The minimum absolute atomic E-state index is 0.617. The predicted octanol–water partition coefficient (Wildman–Crippen LogP) is 4.67. The third kappa shape index (κ3) is 2.21. The highest BCUT2D eigenvalue weighted by molar-refractivity contribution is 7.13. The molecule has 4 nitrogen and oxygen atoms in total. The van der Waals surface area contributed by atoms with Crippen LogP contribution in [0.3, 0.4) is 0 Å². The molecule has 5 heteroatoms. The number of hydrogen-bond acceptors (Lipinski definition) is 4. The van der Waals surface area contributed by atoms with Crippen LogP contribution in [0.1, 0.15) is 5.56 Å². The van der Waals surface area contributed by atoms with Gasteiger partial charge in [-0.1, -0.05) is 0 Å².